The normalized spacial score (nSPS) is 17.2. The van der Waals surface area contributed by atoms with E-state index in [1.54, 1.807) is 6.07 Å². The molecule has 0 aliphatic carbocycles. The number of hydrogen-bond donors (Lipinski definition) is 1. The molecule has 170 valence electrons. The maximum absolute atomic E-state index is 13.1. The van der Waals surface area contributed by atoms with Crippen LogP contribution in [0.3, 0.4) is 0 Å². The van der Waals surface area contributed by atoms with Crippen molar-refractivity contribution in [2.75, 3.05) is 44.3 Å². The van der Waals surface area contributed by atoms with Crippen LogP contribution in [0, 0.1) is 10.1 Å². The van der Waals surface area contributed by atoms with Crippen molar-refractivity contribution in [1.29, 1.82) is 0 Å². The van der Waals surface area contributed by atoms with E-state index in [-0.39, 0.29) is 11.6 Å². The largest absolute Gasteiger partial charge is 0.379 e. The number of morpholine rings is 1. The molecule has 0 spiro atoms. The minimum absolute atomic E-state index is 0.0663. The van der Waals surface area contributed by atoms with Crippen molar-refractivity contribution in [3.8, 4) is 0 Å². The number of anilines is 1. The van der Waals surface area contributed by atoms with Crippen LogP contribution in [0.5, 0.6) is 0 Å². The lowest BCUT2D eigenvalue weighted by molar-refractivity contribution is -0.384. The molecule has 8 nitrogen and oxygen atoms in total. The number of non-ortho nitro benzene ring substituents is 1. The van der Waals surface area contributed by atoms with Gasteiger partial charge in [-0.15, -0.1) is 0 Å². The molecule has 1 N–H and O–H groups in total. The summed E-state index contributed by atoms with van der Waals surface area (Å²) in [5.41, 5.74) is 3.28. The van der Waals surface area contributed by atoms with Gasteiger partial charge in [0.25, 0.3) is 11.6 Å². The van der Waals surface area contributed by atoms with Crippen molar-refractivity contribution < 1.29 is 14.5 Å². The van der Waals surface area contributed by atoms with E-state index in [1.165, 1.54) is 24.1 Å². The smallest absolute Gasteiger partial charge is 0.270 e. The van der Waals surface area contributed by atoms with Crippen molar-refractivity contribution in [1.82, 2.24) is 10.2 Å². The van der Waals surface area contributed by atoms with Gasteiger partial charge in [0.05, 0.1) is 29.4 Å². The average Bonchev–Trinajstić information content (AvgIpc) is 2.83. The Balaban J connectivity index is 1.45. The van der Waals surface area contributed by atoms with Crippen molar-refractivity contribution in [3.63, 3.8) is 0 Å². The molecule has 2 aromatic rings. The zero-order valence-corrected chi connectivity index (χ0v) is 18.3. The van der Waals surface area contributed by atoms with Gasteiger partial charge in [0.15, 0.2) is 0 Å². The molecule has 4 rings (SSSR count). The predicted octanol–water partition coefficient (Wildman–Crippen LogP) is 3.35. The van der Waals surface area contributed by atoms with E-state index in [2.05, 4.69) is 27.2 Å². The number of hydrogen-bond acceptors (Lipinski definition) is 6. The number of nitrogens with one attached hydrogen (secondary N) is 1. The van der Waals surface area contributed by atoms with Gasteiger partial charge >= 0.3 is 0 Å². The number of ether oxygens (including phenoxy) is 1. The van der Waals surface area contributed by atoms with E-state index in [0.717, 1.165) is 70.0 Å². The fraction of sp³-hybridized carbons (Fsp3) is 0.458. The standard InChI is InChI=1S/C24H30N4O4/c29-24(22-16-21(28(30)31)7-8-23(22)27-9-2-1-3-10-27)25-17-19-5-4-6-20(15-19)18-26-11-13-32-14-12-26/h4-8,15-16H,1-3,9-14,17-18H2,(H,25,29). The first-order valence-corrected chi connectivity index (χ1v) is 11.3. The number of nitrogens with zero attached hydrogens (tertiary/aromatic N) is 3. The SMILES string of the molecule is O=C(NCc1cccc(CN2CCOCC2)c1)c1cc([N+](=O)[O-])ccc1N1CCCCC1. The van der Waals surface area contributed by atoms with Crippen LogP contribution in [0.25, 0.3) is 0 Å². The zero-order valence-electron chi connectivity index (χ0n) is 18.3. The molecular formula is C24H30N4O4. The number of carbonyl (C=O) groups is 1. The van der Waals surface area contributed by atoms with Gasteiger partial charge in [0.2, 0.25) is 0 Å². The Morgan fingerprint density at radius 1 is 1.00 bits per heavy atom. The number of rotatable bonds is 7. The minimum Gasteiger partial charge on any atom is -0.379 e. The van der Waals surface area contributed by atoms with Crippen LogP contribution < -0.4 is 10.2 Å². The highest BCUT2D eigenvalue weighted by molar-refractivity contribution is 6.00. The lowest BCUT2D eigenvalue weighted by Gasteiger charge is -2.30. The monoisotopic (exact) mass is 438 g/mol. The van der Waals surface area contributed by atoms with Crippen molar-refractivity contribution in [3.05, 3.63) is 69.3 Å². The van der Waals surface area contributed by atoms with Gasteiger partial charge in [-0.3, -0.25) is 19.8 Å². The van der Waals surface area contributed by atoms with Gasteiger partial charge in [-0.25, -0.2) is 0 Å². The summed E-state index contributed by atoms with van der Waals surface area (Å²) >= 11 is 0. The molecule has 2 fully saturated rings. The molecule has 0 atom stereocenters. The number of benzene rings is 2. The van der Waals surface area contributed by atoms with Gasteiger partial charge in [0.1, 0.15) is 0 Å². The Morgan fingerprint density at radius 3 is 2.50 bits per heavy atom. The van der Waals surface area contributed by atoms with Gasteiger partial charge in [0, 0.05) is 51.4 Å². The predicted molar refractivity (Wildman–Crippen MR) is 123 cm³/mol. The zero-order chi connectivity index (χ0) is 22.3. The summed E-state index contributed by atoms with van der Waals surface area (Å²) < 4.78 is 5.41. The summed E-state index contributed by atoms with van der Waals surface area (Å²) in [6.07, 6.45) is 3.30. The highest BCUT2D eigenvalue weighted by atomic mass is 16.6. The summed E-state index contributed by atoms with van der Waals surface area (Å²) in [6, 6.07) is 12.8. The Labute approximate surface area is 188 Å². The molecule has 0 bridgehead atoms. The highest BCUT2D eigenvalue weighted by Gasteiger charge is 2.22. The molecule has 0 saturated carbocycles. The van der Waals surface area contributed by atoms with Crippen molar-refractivity contribution in [2.45, 2.75) is 32.4 Å². The minimum atomic E-state index is -0.453. The third-order valence-electron chi connectivity index (χ3n) is 6.09. The molecule has 2 aliphatic heterocycles. The van der Waals surface area contributed by atoms with E-state index < -0.39 is 4.92 Å². The fourth-order valence-electron chi connectivity index (χ4n) is 4.36. The summed E-state index contributed by atoms with van der Waals surface area (Å²) in [6.45, 7) is 6.33. The van der Waals surface area contributed by atoms with Crippen LogP contribution in [0.1, 0.15) is 40.7 Å². The van der Waals surface area contributed by atoms with Gasteiger partial charge < -0.3 is 15.0 Å². The Morgan fingerprint density at radius 2 is 1.75 bits per heavy atom. The summed E-state index contributed by atoms with van der Waals surface area (Å²) in [4.78, 5) is 28.4. The van der Waals surface area contributed by atoms with Crippen LogP contribution in [-0.4, -0.2) is 55.1 Å². The van der Waals surface area contributed by atoms with Crippen LogP contribution in [0.4, 0.5) is 11.4 Å². The molecule has 8 heteroatoms. The summed E-state index contributed by atoms with van der Waals surface area (Å²) in [7, 11) is 0. The molecule has 2 heterocycles. The quantitative estimate of drug-likeness (QED) is 0.527. The Hall–Kier alpha value is -2.97. The van der Waals surface area contributed by atoms with Gasteiger partial charge in [-0.05, 0) is 36.5 Å². The van der Waals surface area contributed by atoms with E-state index in [4.69, 9.17) is 4.74 Å². The maximum Gasteiger partial charge on any atom is 0.270 e. The summed E-state index contributed by atoms with van der Waals surface area (Å²) in [5, 5.41) is 14.3. The van der Waals surface area contributed by atoms with E-state index in [1.807, 2.05) is 12.1 Å². The summed E-state index contributed by atoms with van der Waals surface area (Å²) in [5.74, 6) is -0.284. The van der Waals surface area contributed by atoms with Crippen molar-refractivity contribution in [2.24, 2.45) is 0 Å². The number of nitro groups is 1. The van der Waals surface area contributed by atoms with Crippen LogP contribution >= 0.6 is 0 Å². The lowest BCUT2D eigenvalue weighted by Crippen LogP contribution is -2.35. The Kier molecular flexibility index (Phi) is 7.34. The van der Waals surface area contributed by atoms with E-state index >= 15 is 0 Å². The number of carbonyl (C=O) groups excluding carboxylic acids is 1. The third kappa shape index (κ3) is 5.63. The van der Waals surface area contributed by atoms with Crippen LogP contribution in [0.2, 0.25) is 0 Å². The molecule has 2 aromatic carbocycles. The second-order valence-corrected chi connectivity index (χ2v) is 8.40. The molecule has 0 aromatic heterocycles. The maximum atomic E-state index is 13.1. The van der Waals surface area contributed by atoms with Gasteiger partial charge in [-0.2, -0.15) is 0 Å². The van der Waals surface area contributed by atoms with Crippen LogP contribution in [-0.2, 0) is 17.8 Å². The molecule has 2 saturated heterocycles. The first-order chi connectivity index (χ1) is 15.6. The molecule has 1 amide bonds. The van der Waals surface area contributed by atoms with Crippen LogP contribution in [0.15, 0.2) is 42.5 Å². The average molecular weight is 439 g/mol. The number of nitro benzene ring substituents is 1. The first-order valence-electron chi connectivity index (χ1n) is 11.3. The number of piperidine rings is 1. The topological polar surface area (TPSA) is 88.0 Å². The second kappa shape index (κ2) is 10.6. The molecule has 0 unspecified atom stereocenters. The van der Waals surface area contributed by atoms with Crippen molar-refractivity contribution >= 4 is 17.3 Å². The fourth-order valence-corrected chi connectivity index (χ4v) is 4.36. The van der Waals surface area contributed by atoms with E-state index in [0.29, 0.717) is 12.1 Å². The lowest BCUT2D eigenvalue weighted by atomic mass is 10.1. The third-order valence-corrected chi connectivity index (χ3v) is 6.09. The molecule has 32 heavy (non-hydrogen) atoms. The molecular weight excluding hydrogens is 408 g/mol. The molecule has 0 radical (unpaired) electrons. The van der Waals surface area contributed by atoms with E-state index in [9.17, 15) is 14.9 Å². The highest BCUT2D eigenvalue weighted by Crippen LogP contribution is 2.28. The first kappa shape index (κ1) is 22.2. The Bertz CT molecular complexity index is 953. The molecule has 2 aliphatic rings. The second-order valence-electron chi connectivity index (χ2n) is 8.40. The van der Waals surface area contributed by atoms with Gasteiger partial charge in [-0.1, -0.05) is 24.3 Å². The number of amides is 1.